The fraction of sp³-hybridized carbons (Fsp3) is 0.864. The van der Waals surface area contributed by atoms with E-state index >= 15 is 0 Å². The summed E-state index contributed by atoms with van der Waals surface area (Å²) in [6.07, 6.45) is 20.4. The van der Waals surface area contributed by atoms with E-state index in [2.05, 4.69) is 20.4 Å². The molecule has 0 rings (SSSR count). The van der Waals surface area contributed by atoms with Crippen molar-refractivity contribution in [2.45, 2.75) is 123 Å². The van der Waals surface area contributed by atoms with E-state index in [1.165, 1.54) is 77.0 Å². The van der Waals surface area contributed by atoms with Gasteiger partial charge >= 0.3 is 5.97 Å². The molecular weight excluding hydrogens is 296 g/mol. The molecule has 0 heterocycles. The fourth-order valence-electron chi connectivity index (χ4n) is 2.95. The Morgan fingerprint density at radius 3 is 1.46 bits per heavy atom. The minimum Gasteiger partial charge on any atom is -0.432 e. The summed E-state index contributed by atoms with van der Waals surface area (Å²) in [5.74, 6) is 0.566. The first-order valence-corrected chi connectivity index (χ1v) is 10.6. The smallest absolute Gasteiger partial charge is 0.310 e. The third-order valence-electron chi connectivity index (χ3n) is 4.55. The third kappa shape index (κ3) is 17.6. The number of unbranched alkanes of at least 4 members (excludes halogenated alkanes) is 13. The second-order valence-corrected chi connectivity index (χ2v) is 7.11. The van der Waals surface area contributed by atoms with E-state index in [1.807, 2.05) is 0 Å². The summed E-state index contributed by atoms with van der Waals surface area (Å²) in [7, 11) is 0. The Bertz CT molecular complexity index is 296. The van der Waals surface area contributed by atoms with E-state index in [0.29, 0.717) is 12.2 Å². The molecule has 0 aliphatic carbocycles. The first-order chi connectivity index (χ1) is 11.7. The molecule has 0 aromatic heterocycles. The van der Waals surface area contributed by atoms with E-state index in [1.54, 1.807) is 0 Å². The van der Waals surface area contributed by atoms with E-state index in [0.717, 1.165) is 25.7 Å². The lowest BCUT2D eigenvalue weighted by atomic mass is 10.1. The average molecular weight is 339 g/mol. The Morgan fingerprint density at radius 2 is 1.00 bits per heavy atom. The number of hydrogen-bond donors (Lipinski definition) is 0. The zero-order valence-corrected chi connectivity index (χ0v) is 16.5. The van der Waals surface area contributed by atoms with Gasteiger partial charge in [-0.3, -0.25) is 4.79 Å². The van der Waals surface area contributed by atoms with Crippen LogP contribution in [0.3, 0.4) is 0 Å². The van der Waals surface area contributed by atoms with Crippen molar-refractivity contribution in [3.05, 3.63) is 12.3 Å². The van der Waals surface area contributed by atoms with Crippen LogP contribution in [0.4, 0.5) is 0 Å². The predicted octanol–water partition coefficient (Wildman–Crippen LogP) is 7.71. The maximum atomic E-state index is 11.7. The first kappa shape index (κ1) is 23.2. The van der Waals surface area contributed by atoms with Gasteiger partial charge in [-0.1, -0.05) is 104 Å². The van der Waals surface area contributed by atoms with Crippen molar-refractivity contribution in [1.82, 2.24) is 0 Å². The molecule has 0 atom stereocenters. The molecule has 0 saturated carbocycles. The van der Waals surface area contributed by atoms with E-state index in [9.17, 15) is 4.79 Å². The Labute approximate surface area is 151 Å². The second-order valence-electron chi connectivity index (χ2n) is 7.11. The molecule has 0 N–H and O–H groups in total. The molecule has 0 aromatic carbocycles. The zero-order chi connectivity index (χ0) is 17.9. The number of rotatable bonds is 18. The molecule has 0 fully saturated rings. The average Bonchev–Trinajstić information content (AvgIpc) is 2.56. The molecule has 0 bridgehead atoms. The van der Waals surface area contributed by atoms with Crippen LogP contribution < -0.4 is 0 Å². The molecule has 2 heteroatoms. The van der Waals surface area contributed by atoms with E-state index in [4.69, 9.17) is 4.74 Å². The highest BCUT2D eigenvalue weighted by atomic mass is 16.5. The summed E-state index contributed by atoms with van der Waals surface area (Å²) in [5.41, 5.74) is 0. The van der Waals surface area contributed by atoms with Crippen LogP contribution >= 0.6 is 0 Å². The SMILES string of the molecule is C=C(CCCCCCCCCCCC)OC(=O)CCCCCCC. The quantitative estimate of drug-likeness (QED) is 0.145. The van der Waals surface area contributed by atoms with Crippen molar-refractivity contribution in [3.63, 3.8) is 0 Å². The van der Waals surface area contributed by atoms with Crippen LogP contribution in [0, 0.1) is 0 Å². The van der Waals surface area contributed by atoms with Gasteiger partial charge in [0.2, 0.25) is 0 Å². The Morgan fingerprint density at radius 1 is 0.625 bits per heavy atom. The van der Waals surface area contributed by atoms with Gasteiger partial charge < -0.3 is 4.74 Å². The molecule has 0 saturated heterocycles. The van der Waals surface area contributed by atoms with Gasteiger partial charge in [-0.15, -0.1) is 0 Å². The van der Waals surface area contributed by atoms with Crippen LogP contribution in [-0.4, -0.2) is 5.97 Å². The van der Waals surface area contributed by atoms with E-state index < -0.39 is 0 Å². The summed E-state index contributed by atoms with van der Waals surface area (Å²) in [5, 5.41) is 0. The standard InChI is InChI=1S/C22H42O2/c1-4-6-8-10-11-12-13-14-16-17-19-21(3)24-22(23)20-18-15-9-7-5-2/h3-20H2,1-2H3. The lowest BCUT2D eigenvalue weighted by Crippen LogP contribution is -2.03. The van der Waals surface area contributed by atoms with Gasteiger partial charge in [0, 0.05) is 12.8 Å². The van der Waals surface area contributed by atoms with Crippen molar-refractivity contribution >= 4 is 5.97 Å². The lowest BCUT2D eigenvalue weighted by Gasteiger charge is -2.07. The third-order valence-corrected chi connectivity index (χ3v) is 4.55. The van der Waals surface area contributed by atoms with Crippen molar-refractivity contribution in [2.24, 2.45) is 0 Å². The van der Waals surface area contributed by atoms with Gasteiger partial charge in [-0.05, 0) is 12.8 Å². The van der Waals surface area contributed by atoms with Gasteiger partial charge in [0.15, 0.2) is 0 Å². The summed E-state index contributed by atoms with van der Waals surface area (Å²) in [6.45, 7) is 8.35. The van der Waals surface area contributed by atoms with Crippen molar-refractivity contribution in [2.75, 3.05) is 0 Å². The number of esters is 1. The summed E-state index contributed by atoms with van der Waals surface area (Å²) >= 11 is 0. The van der Waals surface area contributed by atoms with Gasteiger partial charge in [0.1, 0.15) is 5.76 Å². The topological polar surface area (TPSA) is 26.3 Å². The maximum Gasteiger partial charge on any atom is 0.310 e. The van der Waals surface area contributed by atoms with Gasteiger partial charge in [-0.25, -0.2) is 0 Å². The molecule has 2 nitrogen and oxygen atoms in total. The minimum absolute atomic E-state index is 0.0939. The Balaban J connectivity index is 3.32. The number of carbonyl (C=O) groups excluding carboxylic acids is 1. The minimum atomic E-state index is -0.0939. The molecule has 0 amide bonds. The molecule has 0 aliphatic rings. The molecule has 0 aliphatic heterocycles. The lowest BCUT2D eigenvalue weighted by molar-refractivity contribution is -0.139. The van der Waals surface area contributed by atoms with Crippen LogP contribution in [0.15, 0.2) is 12.3 Å². The van der Waals surface area contributed by atoms with Gasteiger partial charge in [-0.2, -0.15) is 0 Å². The van der Waals surface area contributed by atoms with Crippen LogP contribution in [-0.2, 0) is 9.53 Å². The Hall–Kier alpha value is -0.790. The van der Waals surface area contributed by atoms with Crippen LogP contribution in [0.25, 0.3) is 0 Å². The van der Waals surface area contributed by atoms with Gasteiger partial charge in [0.05, 0.1) is 0 Å². The normalized spacial score (nSPS) is 10.8. The van der Waals surface area contributed by atoms with Crippen molar-refractivity contribution < 1.29 is 9.53 Å². The molecular formula is C22H42O2. The van der Waals surface area contributed by atoms with E-state index in [-0.39, 0.29) is 5.97 Å². The van der Waals surface area contributed by atoms with Crippen molar-refractivity contribution in [1.29, 1.82) is 0 Å². The number of ether oxygens (including phenoxy) is 1. The van der Waals surface area contributed by atoms with Crippen LogP contribution in [0.2, 0.25) is 0 Å². The highest BCUT2D eigenvalue weighted by Gasteiger charge is 2.05. The first-order valence-electron chi connectivity index (χ1n) is 10.6. The molecule has 0 unspecified atom stereocenters. The number of hydrogen-bond acceptors (Lipinski definition) is 2. The molecule has 24 heavy (non-hydrogen) atoms. The van der Waals surface area contributed by atoms with Gasteiger partial charge in [0.25, 0.3) is 0 Å². The second kappa shape index (κ2) is 18.5. The molecule has 0 radical (unpaired) electrons. The number of allylic oxidation sites excluding steroid dienone is 1. The highest BCUT2D eigenvalue weighted by molar-refractivity contribution is 5.70. The molecule has 142 valence electrons. The highest BCUT2D eigenvalue weighted by Crippen LogP contribution is 2.14. The largest absolute Gasteiger partial charge is 0.432 e. The predicted molar refractivity (Wildman–Crippen MR) is 105 cm³/mol. The zero-order valence-electron chi connectivity index (χ0n) is 16.5. The summed E-state index contributed by atoms with van der Waals surface area (Å²) in [6, 6.07) is 0. The molecule has 0 aromatic rings. The summed E-state index contributed by atoms with van der Waals surface area (Å²) in [4.78, 5) is 11.7. The van der Waals surface area contributed by atoms with Crippen molar-refractivity contribution in [3.8, 4) is 0 Å². The number of carbonyl (C=O) groups is 1. The monoisotopic (exact) mass is 338 g/mol. The maximum absolute atomic E-state index is 11.7. The fourth-order valence-corrected chi connectivity index (χ4v) is 2.95. The Kier molecular flexibility index (Phi) is 17.9. The van der Waals surface area contributed by atoms with Crippen LogP contribution in [0.5, 0.6) is 0 Å². The summed E-state index contributed by atoms with van der Waals surface area (Å²) < 4.78 is 5.31. The van der Waals surface area contributed by atoms with Crippen LogP contribution in [0.1, 0.15) is 123 Å². The molecule has 0 spiro atoms.